The van der Waals surface area contributed by atoms with E-state index in [1.165, 1.54) is 16.9 Å². The maximum Gasteiger partial charge on any atom is 0.294 e. The average molecular weight is 309 g/mol. The molecule has 0 unspecified atom stereocenters. The quantitative estimate of drug-likeness (QED) is 0.729. The van der Waals surface area contributed by atoms with Crippen LogP contribution in [0.2, 0.25) is 0 Å². The van der Waals surface area contributed by atoms with Crippen LogP contribution in [0.1, 0.15) is 5.56 Å². The van der Waals surface area contributed by atoms with Gasteiger partial charge >= 0.3 is 0 Å². The molecule has 0 saturated carbocycles. The average Bonchev–Trinajstić information content (AvgIpc) is 3.05. The van der Waals surface area contributed by atoms with E-state index in [0.717, 1.165) is 10.9 Å². The highest BCUT2D eigenvalue weighted by molar-refractivity contribution is 5.91. The van der Waals surface area contributed by atoms with Crippen LogP contribution in [0.5, 0.6) is 0 Å². The fourth-order valence-corrected chi connectivity index (χ4v) is 2.17. The zero-order valence-electron chi connectivity index (χ0n) is 12.3. The fraction of sp³-hybridized carbons (Fsp3) is 0.118. The van der Waals surface area contributed by atoms with E-state index in [-0.39, 0.29) is 11.5 Å². The summed E-state index contributed by atoms with van der Waals surface area (Å²) in [5, 5.41) is 3.51. The van der Waals surface area contributed by atoms with E-state index < -0.39 is 0 Å². The third kappa shape index (κ3) is 3.55. The number of aromatic nitrogens is 2. The van der Waals surface area contributed by atoms with Gasteiger partial charge in [-0.05, 0) is 29.8 Å². The summed E-state index contributed by atoms with van der Waals surface area (Å²) in [6.45, 7) is 0.726. The number of furan rings is 1. The second-order valence-corrected chi connectivity index (χ2v) is 4.93. The number of nitrogens with zero attached hydrogens (tertiary/aromatic N) is 2. The van der Waals surface area contributed by atoms with E-state index in [0.29, 0.717) is 18.7 Å². The van der Waals surface area contributed by atoms with Crippen molar-refractivity contribution in [1.82, 2.24) is 14.9 Å². The molecule has 0 aliphatic rings. The maximum atomic E-state index is 12.1. The molecule has 116 valence electrons. The number of hydrogen-bond donors (Lipinski definition) is 1. The zero-order valence-corrected chi connectivity index (χ0v) is 12.3. The Morgan fingerprint density at radius 2 is 2.26 bits per heavy atom. The highest BCUT2D eigenvalue weighted by atomic mass is 16.3. The van der Waals surface area contributed by atoms with Crippen molar-refractivity contribution in [3.8, 4) is 0 Å². The van der Waals surface area contributed by atoms with Crippen LogP contribution in [0, 0.1) is 0 Å². The molecule has 3 aromatic rings. The first-order valence-corrected chi connectivity index (χ1v) is 7.16. The lowest BCUT2D eigenvalue weighted by Gasteiger charge is -2.05. The molecule has 0 atom stereocenters. The number of amides is 1. The minimum absolute atomic E-state index is 0.201. The Labute approximate surface area is 132 Å². The highest BCUT2D eigenvalue weighted by Gasteiger charge is 2.05. The number of rotatable bonds is 5. The smallest absolute Gasteiger partial charge is 0.294 e. The van der Waals surface area contributed by atoms with Crippen molar-refractivity contribution in [2.75, 3.05) is 6.54 Å². The molecule has 6 nitrogen and oxygen atoms in total. The molecular formula is C17H15N3O3. The van der Waals surface area contributed by atoms with Crippen LogP contribution in [0.3, 0.4) is 0 Å². The monoisotopic (exact) mass is 309 g/mol. The molecule has 0 aliphatic carbocycles. The zero-order chi connectivity index (χ0) is 16.1. The fourth-order valence-electron chi connectivity index (χ4n) is 2.17. The Morgan fingerprint density at radius 1 is 1.35 bits per heavy atom. The predicted octanol–water partition coefficient (Wildman–Crippen LogP) is 1.82. The molecule has 0 spiro atoms. The van der Waals surface area contributed by atoms with E-state index in [1.54, 1.807) is 36.8 Å². The van der Waals surface area contributed by atoms with Crippen LogP contribution in [-0.2, 0) is 11.3 Å². The van der Waals surface area contributed by atoms with Crippen molar-refractivity contribution >= 4 is 23.0 Å². The number of carbonyl (C=O) groups is 1. The molecule has 3 rings (SSSR count). The van der Waals surface area contributed by atoms with E-state index in [9.17, 15) is 9.59 Å². The van der Waals surface area contributed by atoms with Crippen molar-refractivity contribution in [3.63, 3.8) is 0 Å². The number of carbonyl (C=O) groups excluding carboxylic acids is 1. The number of fused-ring (bicyclic) bond motifs is 1. The minimum Gasteiger partial charge on any atom is -0.459 e. The van der Waals surface area contributed by atoms with Crippen molar-refractivity contribution in [3.05, 3.63) is 71.1 Å². The molecule has 6 heteroatoms. The lowest BCUT2D eigenvalue weighted by atomic mass is 10.2. The number of hydrogen-bond acceptors (Lipinski definition) is 4. The molecule has 1 N–H and O–H groups in total. The lowest BCUT2D eigenvalue weighted by molar-refractivity contribution is -0.116. The van der Waals surface area contributed by atoms with Gasteiger partial charge in [0.1, 0.15) is 0 Å². The summed E-state index contributed by atoms with van der Waals surface area (Å²) < 4.78 is 6.68. The van der Waals surface area contributed by atoms with Gasteiger partial charge in [0.15, 0.2) is 5.58 Å². The molecule has 0 bridgehead atoms. The van der Waals surface area contributed by atoms with Crippen LogP contribution < -0.4 is 10.9 Å². The molecule has 23 heavy (non-hydrogen) atoms. The first kappa shape index (κ1) is 14.8. The molecular weight excluding hydrogens is 294 g/mol. The molecule has 3 heterocycles. The van der Waals surface area contributed by atoms with Crippen molar-refractivity contribution in [1.29, 1.82) is 0 Å². The Bertz CT molecular complexity index is 894. The van der Waals surface area contributed by atoms with Crippen molar-refractivity contribution in [2.45, 2.75) is 6.54 Å². The predicted molar refractivity (Wildman–Crippen MR) is 86.8 cm³/mol. The van der Waals surface area contributed by atoms with Gasteiger partial charge in [-0.1, -0.05) is 6.07 Å². The summed E-state index contributed by atoms with van der Waals surface area (Å²) in [4.78, 5) is 27.8. The van der Waals surface area contributed by atoms with Gasteiger partial charge in [0.2, 0.25) is 5.91 Å². The van der Waals surface area contributed by atoms with Gasteiger partial charge in [0, 0.05) is 43.1 Å². The SMILES string of the molecule is O=C(/C=C\c1cccnc1)NCCn1ccc2ccoc2c1=O. The van der Waals surface area contributed by atoms with E-state index in [2.05, 4.69) is 10.3 Å². The van der Waals surface area contributed by atoms with Gasteiger partial charge in [0.05, 0.1) is 6.26 Å². The van der Waals surface area contributed by atoms with E-state index >= 15 is 0 Å². The molecule has 1 amide bonds. The number of pyridine rings is 2. The van der Waals surface area contributed by atoms with Crippen molar-refractivity contribution < 1.29 is 9.21 Å². The van der Waals surface area contributed by atoms with E-state index in [1.807, 2.05) is 12.1 Å². The Kier molecular flexibility index (Phi) is 4.33. The van der Waals surface area contributed by atoms with Gasteiger partial charge in [-0.15, -0.1) is 0 Å². The summed E-state index contributed by atoms with van der Waals surface area (Å²) in [6.07, 6.45) is 9.64. The number of nitrogens with one attached hydrogen (secondary N) is 1. The second kappa shape index (κ2) is 6.74. The summed E-state index contributed by atoms with van der Waals surface area (Å²) in [6, 6.07) is 7.21. The van der Waals surface area contributed by atoms with Gasteiger partial charge in [-0.25, -0.2) is 0 Å². The Morgan fingerprint density at radius 3 is 3.09 bits per heavy atom. The van der Waals surface area contributed by atoms with E-state index in [4.69, 9.17) is 4.42 Å². The molecule has 0 radical (unpaired) electrons. The molecule has 3 aromatic heterocycles. The van der Waals surface area contributed by atoms with Crippen LogP contribution in [0.25, 0.3) is 17.0 Å². The third-order valence-electron chi connectivity index (χ3n) is 3.35. The largest absolute Gasteiger partial charge is 0.459 e. The molecule has 0 aromatic carbocycles. The van der Waals surface area contributed by atoms with Crippen molar-refractivity contribution in [2.24, 2.45) is 0 Å². The first-order valence-electron chi connectivity index (χ1n) is 7.16. The molecule has 0 aliphatic heterocycles. The van der Waals surface area contributed by atoms with Gasteiger partial charge in [-0.2, -0.15) is 0 Å². The normalized spacial score (nSPS) is 11.1. The minimum atomic E-state index is -0.221. The Balaban J connectivity index is 1.56. The molecule has 0 fully saturated rings. The summed E-state index contributed by atoms with van der Waals surface area (Å²) >= 11 is 0. The second-order valence-electron chi connectivity index (χ2n) is 4.93. The van der Waals surface area contributed by atoms with Crippen LogP contribution in [-0.4, -0.2) is 22.0 Å². The molecule has 0 saturated heterocycles. The van der Waals surface area contributed by atoms with Crippen LogP contribution in [0.15, 0.2) is 64.4 Å². The lowest BCUT2D eigenvalue weighted by Crippen LogP contribution is -2.29. The van der Waals surface area contributed by atoms with Gasteiger partial charge in [0.25, 0.3) is 5.56 Å². The van der Waals surface area contributed by atoms with Crippen LogP contribution in [0.4, 0.5) is 0 Å². The third-order valence-corrected chi connectivity index (χ3v) is 3.35. The first-order chi connectivity index (χ1) is 11.2. The Hall–Kier alpha value is -3.15. The van der Waals surface area contributed by atoms with Gasteiger partial charge < -0.3 is 14.3 Å². The summed E-state index contributed by atoms with van der Waals surface area (Å²) in [5.74, 6) is -0.221. The van der Waals surface area contributed by atoms with Gasteiger partial charge in [-0.3, -0.25) is 14.6 Å². The topological polar surface area (TPSA) is 77.1 Å². The highest BCUT2D eigenvalue weighted by Crippen LogP contribution is 2.09. The standard InChI is InChI=1S/C17H15N3O3/c21-15(4-3-13-2-1-7-18-12-13)19-8-10-20-9-5-14-6-11-23-16(14)17(20)22/h1-7,9,11-12H,8,10H2,(H,19,21)/b4-3-. The maximum absolute atomic E-state index is 12.1. The summed E-state index contributed by atoms with van der Waals surface area (Å²) in [5.41, 5.74) is 0.977. The summed E-state index contributed by atoms with van der Waals surface area (Å²) in [7, 11) is 0. The van der Waals surface area contributed by atoms with Crippen LogP contribution >= 0.6 is 0 Å².